The second kappa shape index (κ2) is 19.4. The van der Waals surface area contributed by atoms with Crippen LogP contribution < -0.4 is 14.2 Å². The van der Waals surface area contributed by atoms with Crippen molar-refractivity contribution in [3.05, 3.63) is 151 Å². The molecule has 0 fully saturated rings. The molecule has 0 aliphatic carbocycles. The first-order valence-electron chi connectivity index (χ1n) is 17.1. The van der Waals surface area contributed by atoms with Crippen LogP contribution in [0.15, 0.2) is 164 Å². The first-order chi connectivity index (χ1) is 28.2. The molecule has 0 unspecified atom stereocenters. The van der Waals surface area contributed by atoms with E-state index in [1.807, 2.05) is 50.2 Å². The zero-order chi connectivity index (χ0) is 45.4. The number of sulfone groups is 3. The molecular formula is C40H38O16S5. The van der Waals surface area contributed by atoms with Gasteiger partial charge in [0, 0.05) is 12.5 Å². The Morgan fingerprint density at radius 1 is 0.377 bits per heavy atom. The van der Waals surface area contributed by atoms with E-state index >= 15 is 0 Å². The van der Waals surface area contributed by atoms with Gasteiger partial charge in [-0.3, -0.25) is 13.7 Å². The number of hydrogen-bond acceptors (Lipinski definition) is 13. The van der Waals surface area contributed by atoms with Crippen LogP contribution in [0.1, 0.15) is 11.1 Å². The van der Waals surface area contributed by atoms with Crippen LogP contribution in [0.3, 0.4) is 0 Å². The van der Waals surface area contributed by atoms with Crippen LogP contribution in [0.4, 0.5) is 0 Å². The zero-order valence-electron chi connectivity index (χ0n) is 32.5. The predicted molar refractivity (Wildman–Crippen MR) is 224 cm³/mol. The number of hydrogen-bond donors (Lipinski definition) is 3. The molecule has 0 aromatic heterocycles. The molecule has 16 nitrogen and oxygen atoms in total. The summed E-state index contributed by atoms with van der Waals surface area (Å²) in [5, 5.41) is 0. The van der Waals surface area contributed by atoms with Crippen molar-refractivity contribution in [3.8, 4) is 34.5 Å². The number of benzene rings is 6. The molecule has 0 radical (unpaired) electrons. The third-order valence-electron chi connectivity index (χ3n) is 7.88. The Hall–Kier alpha value is -5.65. The topological polar surface area (TPSA) is 259 Å². The van der Waals surface area contributed by atoms with Crippen molar-refractivity contribution >= 4 is 50.0 Å². The molecule has 21 heteroatoms. The van der Waals surface area contributed by atoms with Gasteiger partial charge in [0.2, 0.25) is 9.84 Å². The minimum atomic E-state index is -4.90. The maximum atomic E-state index is 13.2. The van der Waals surface area contributed by atoms with E-state index in [4.69, 9.17) is 31.7 Å². The van der Waals surface area contributed by atoms with E-state index in [0.717, 1.165) is 41.3 Å². The van der Waals surface area contributed by atoms with E-state index in [1.54, 1.807) is 36.4 Å². The van der Waals surface area contributed by atoms with Gasteiger partial charge < -0.3 is 14.2 Å². The molecule has 0 bridgehead atoms. The Bertz CT molecular complexity index is 3020. The van der Waals surface area contributed by atoms with Gasteiger partial charge in [0.15, 0.2) is 19.7 Å². The van der Waals surface area contributed by atoms with Gasteiger partial charge in [0.1, 0.15) is 39.4 Å². The minimum absolute atomic E-state index is 0.0246. The highest BCUT2D eigenvalue weighted by Gasteiger charge is 2.25. The standard InChI is InChI=1S/C26H22O9S3.C14H14O3S.H2O4S/c1-18-3-5-19(6-4-18)34-20-9-13-23(14-10-20)37(29,30)24-15-16-25(26(17-24)38(31,32)33)35-21-7-11-22(12-8-21)36(2,27)28;1-11-3-5-12(6-4-11)17-13-7-9-14(10-8-13)18(2,15)16;1-5(2,3)4/h3-17H,1-2H3,(H,31,32,33);3-10H,1-2H3;(H2,1,2,3,4). The summed E-state index contributed by atoms with van der Waals surface area (Å²) < 4.78 is 155. The van der Waals surface area contributed by atoms with Gasteiger partial charge >= 0.3 is 10.4 Å². The van der Waals surface area contributed by atoms with Crippen LogP contribution in [0, 0.1) is 13.8 Å². The Morgan fingerprint density at radius 3 is 0.967 bits per heavy atom. The smallest absolute Gasteiger partial charge is 0.394 e. The first-order valence-corrected chi connectivity index (χ1v) is 25.2. The number of aryl methyl sites for hydroxylation is 2. The van der Waals surface area contributed by atoms with E-state index in [0.29, 0.717) is 22.1 Å². The molecule has 0 amide bonds. The molecule has 6 aromatic rings. The zero-order valence-corrected chi connectivity index (χ0v) is 36.6. The average Bonchev–Trinajstić information content (AvgIpc) is 3.16. The molecule has 0 saturated carbocycles. The van der Waals surface area contributed by atoms with E-state index in [1.165, 1.54) is 54.8 Å². The van der Waals surface area contributed by atoms with Gasteiger partial charge in [0.25, 0.3) is 10.1 Å². The normalized spacial score (nSPS) is 11.9. The fraction of sp³-hybridized carbons (Fsp3) is 0.100. The lowest BCUT2D eigenvalue weighted by atomic mass is 10.2. The summed E-state index contributed by atoms with van der Waals surface area (Å²) in [5.41, 5.74) is 2.22. The second-order valence-electron chi connectivity index (χ2n) is 12.9. The Labute approximate surface area is 354 Å². The van der Waals surface area contributed by atoms with E-state index in [2.05, 4.69) is 0 Å². The van der Waals surface area contributed by atoms with Crippen LogP contribution >= 0.6 is 0 Å². The van der Waals surface area contributed by atoms with Gasteiger partial charge in [-0.2, -0.15) is 16.8 Å². The first kappa shape index (κ1) is 48.0. The van der Waals surface area contributed by atoms with Crippen LogP contribution in [-0.2, 0) is 50.0 Å². The van der Waals surface area contributed by atoms with Crippen LogP contribution in [0.2, 0.25) is 0 Å². The van der Waals surface area contributed by atoms with Crippen molar-refractivity contribution in [1.29, 1.82) is 0 Å². The predicted octanol–water partition coefficient (Wildman–Crippen LogP) is 7.60. The summed E-state index contributed by atoms with van der Waals surface area (Å²) in [6.07, 6.45) is 2.21. The van der Waals surface area contributed by atoms with Crippen LogP contribution in [0.25, 0.3) is 0 Å². The van der Waals surface area contributed by atoms with Crippen molar-refractivity contribution in [1.82, 2.24) is 0 Å². The minimum Gasteiger partial charge on any atom is -0.457 e. The summed E-state index contributed by atoms with van der Waals surface area (Å²) in [4.78, 5) is -0.974. The summed E-state index contributed by atoms with van der Waals surface area (Å²) in [7, 11) is -20.4. The third-order valence-corrected chi connectivity index (χ3v) is 12.8. The van der Waals surface area contributed by atoms with Crippen molar-refractivity contribution in [2.75, 3.05) is 12.5 Å². The van der Waals surface area contributed by atoms with E-state index in [-0.39, 0.29) is 21.3 Å². The molecule has 0 aliphatic heterocycles. The molecule has 0 atom stereocenters. The lowest BCUT2D eigenvalue weighted by Gasteiger charge is -2.12. The lowest BCUT2D eigenvalue weighted by Crippen LogP contribution is -2.06. The molecule has 324 valence electrons. The van der Waals surface area contributed by atoms with Gasteiger partial charge in [0.05, 0.1) is 19.6 Å². The Balaban J connectivity index is 0.000000294. The van der Waals surface area contributed by atoms with Gasteiger partial charge in [-0.05, 0) is 129 Å². The van der Waals surface area contributed by atoms with Gasteiger partial charge in [-0.15, -0.1) is 0 Å². The molecular weight excluding hydrogens is 897 g/mol. The molecule has 0 saturated heterocycles. The SMILES string of the molecule is Cc1ccc(Oc2ccc(S(=O)(=O)c3ccc(Oc4ccc(S(C)(=O)=O)cc4)c(S(=O)(=O)O)c3)cc2)cc1.Cc1ccc(Oc2ccc(S(C)(=O)=O)cc2)cc1.O=S(=O)(O)O. The highest BCUT2D eigenvalue weighted by atomic mass is 32.3. The summed E-state index contributed by atoms with van der Waals surface area (Å²) in [6.45, 7) is 3.94. The van der Waals surface area contributed by atoms with E-state index in [9.17, 15) is 38.2 Å². The van der Waals surface area contributed by atoms with Crippen molar-refractivity contribution in [3.63, 3.8) is 0 Å². The van der Waals surface area contributed by atoms with Crippen molar-refractivity contribution in [2.45, 2.75) is 38.3 Å². The summed E-state index contributed by atoms with van der Waals surface area (Å²) in [5.74, 6) is 2.05. The molecule has 6 aromatic carbocycles. The molecule has 3 N–H and O–H groups in total. The van der Waals surface area contributed by atoms with Crippen molar-refractivity contribution < 1.29 is 70.0 Å². The van der Waals surface area contributed by atoms with Crippen LogP contribution in [-0.4, -0.2) is 68.3 Å². The maximum Gasteiger partial charge on any atom is 0.394 e. The maximum absolute atomic E-state index is 13.2. The quantitative estimate of drug-likeness (QED) is 0.106. The highest BCUT2D eigenvalue weighted by molar-refractivity contribution is 7.91. The fourth-order valence-electron chi connectivity index (χ4n) is 4.89. The molecule has 6 rings (SSSR count). The molecule has 61 heavy (non-hydrogen) atoms. The lowest BCUT2D eigenvalue weighted by molar-refractivity contribution is 0.380. The summed E-state index contributed by atoms with van der Waals surface area (Å²) in [6, 6.07) is 35.1. The number of rotatable bonds is 11. The Morgan fingerprint density at radius 2 is 0.656 bits per heavy atom. The molecule has 0 aliphatic rings. The summed E-state index contributed by atoms with van der Waals surface area (Å²) >= 11 is 0. The molecule has 0 heterocycles. The van der Waals surface area contributed by atoms with Gasteiger partial charge in [-0.1, -0.05) is 35.4 Å². The highest BCUT2D eigenvalue weighted by Crippen LogP contribution is 2.34. The largest absolute Gasteiger partial charge is 0.457 e. The van der Waals surface area contributed by atoms with E-state index < -0.39 is 59.8 Å². The third kappa shape index (κ3) is 15.1. The van der Waals surface area contributed by atoms with Gasteiger partial charge in [-0.25, -0.2) is 25.3 Å². The van der Waals surface area contributed by atoms with Crippen LogP contribution in [0.5, 0.6) is 34.5 Å². The number of ether oxygens (including phenoxy) is 3. The Kier molecular flexibility index (Phi) is 15.3. The monoisotopic (exact) mass is 934 g/mol. The van der Waals surface area contributed by atoms with Crippen molar-refractivity contribution in [2.24, 2.45) is 0 Å². The average molecular weight is 935 g/mol. The second-order valence-corrected chi connectivity index (χ2v) is 21.2. The fourth-order valence-corrected chi connectivity index (χ4v) is 8.15. The molecule has 0 spiro atoms.